The van der Waals surface area contributed by atoms with Gasteiger partial charge >= 0.3 is 5.97 Å². The van der Waals surface area contributed by atoms with Crippen LogP contribution < -0.4 is 5.32 Å². The van der Waals surface area contributed by atoms with Crippen molar-refractivity contribution in [3.8, 4) is 0 Å². The maximum atomic E-state index is 11.8. The minimum atomic E-state index is -0.624. The van der Waals surface area contributed by atoms with E-state index in [4.69, 9.17) is 16.3 Å². The zero-order chi connectivity index (χ0) is 14.5. The van der Waals surface area contributed by atoms with Crippen LogP contribution in [0.5, 0.6) is 0 Å². The van der Waals surface area contributed by atoms with Crippen LogP contribution in [-0.2, 0) is 25.5 Å². The van der Waals surface area contributed by atoms with Gasteiger partial charge in [-0.1, -0.05) is 23.7 Å². The molecule has 1 amide bonds. The van der Waals surface area contributed by atoms with Crippen molar-refractivity contribution in [1.82, 2.24) is 5.32 Å². The standard InChI is InChI=1S/C14H14ClNO4/c15-10-3-1-2-9(6-10)7-11(17)8-13(18)16-12-4-5-20-14(12)19/h1-3,6,12H,4-5,7-8H2,(H,16,18)/t12-/m0/s1. The fourth-order valence-electron chi connectivity index (χ4n) is 1.99. The van der Waals surface area contributed by atoms with Gasteiger partial charge in [0.2, 0.25) is 5.91 Å². The molecular weight excluding hydrogens is 282 g/mol. The number of amides is 1. The summed E-state index contributed by atoms with van der Waals surface area (Å²) in [7, 11) is 0. The number of ketones is 1. The molecule has 1 aliphatic heterocycles. The van der Waals surface area contributed by atoms with Crippen molar-refractivity contribution in [3.05, 3.63) is 34.9 Å². The highest BCUT2D eigenvalue weighted by Crippen LogP contribution is 2.12. The van der Waals surface area contributed by atoms with Crippen LogP contribution in [0.25, 0.3) is 0 Å². The van der Waals surface area contributed by atoms with Crippen molar-refractivity contribution in [2.75, 3.05) is 6.61 Å². The van der Waals surface area contributed by atoms with Crippen LogP contribution in [0, 0.1) is 0 Å². The van der Waals surface area contributed by atoms with Gasteiger partial charge in [0.1, 0.15) is 11.8 Å². The number of esters is 1. The van der Waals surface area contributed by atoms with Crippen LogP contribution in [-0.4, -0.2) is 30.3 Å². The predicted octanol–water partition coefficient (Wildman–Crippen LogP) is 1.27. The summed E-state index contributed by atoms with van der Waals surface area (Å²) < 4.78 is 4.73. The highest BCUT2D eigenvalue weighted by atomic mass is 35.5. The van der Waals surface area contributed by atoms with Crippen molar-refractivity contribution in [2.24, 2.45) is 0 Å². The molecule has 106 valence electrons. The van der Waals surface area contributed by atoms with Gasteiger partial charge in [-0.05, 0) is 17.7 Å². The first kappa shape index (κ1) is 14.5. The molecular formula is C14H14ClNO4. The van der Waals surface area contributed by atoms with E-state index in [1.165, 1.54) is 0 Å². The maximum Gasteiger partial charge on any atom is 0.328 e. The Labute approximate surface area is 121 Å². The molecule has 1 N–H and O–H groups in total. The summed E-state index contributed by atoms with van der Waals surface area (Å²) in [6.45, 7) is 0.306. The van der Waals surface area contributed by atoms with Gasteiger partial charge < -0.3 is 10.1 Å². The molecule has 1 aliphatic rings. The van der Waals surface area contributed by atoms with Gasteiger partial charge in [-0.15, -0.1) is 0 Å². The monoisotopic (exact) mass is 295 g/mol. The average Bonchev–Trinajstić information content (AvgIpc) is 2.74. The summed E-state index contributed by atoms with van der Waals surface area (Å²) in [5, 5.41) is 3.05. The molecule has 0 radical (unpaired) electrons. The fraction of sp³-hybridized carbons (Fsp3) is 0.357. The van der Waals surface area contributed by atoms with Crippen LogP contribution >= 0.6 is 11.6 Å². The van der Waals surface area contributed by atoms with Gasteiger partial charge in [0, 0.05) is 17.9 Å². The summed E-state index contributed by atoms with van der Waals surface area (Å²) in [5.41, 5.74) is 0.760. The number of Topliss-reactive ketones (excluding diaryl/α,β-unsaturated/α-hetero) is 1. The van der Waals surface area contributed by atoms with Crippen molar-refractivity contribution in [3.63, 3.8) is 0 Å². The van der Waals surface area contributed by atoms with E-state index in [0.29, 0.717) is 18.1 Å². The summed E-state index contributed by atoms with van der Waals surface area (Å²) in [4.78, 5) is 34.6. The summed E-state index contributed by atoms with van der Waals surface area (Å²) >= 11 is 5.82. The van der Waals surface area contributed by atoms with Gasteiger partial charge in [0.25, 0.3) is 0 Å². The third-order valence-electron chi connectivity index (χ3n) is 2.92. The van der Waals surface area contributed by atoms with E-state index in [1.54, 1.807) is 24.3 Å². The molecule has 0 spiro atoms. The molecule has 1 aromatic rings. The number of hydrogen-bond donors (Lipinski definition) is 1. The van der Waals surface area contributed by atoms with Crippen molar-refractivity contribution < 1.29 is 19.1 Å². The molecule has 0 unspecified atom stereocenters. The van der Waals surface area contributed by atoms with E-state index < -0.39 is 17.9 Å². The topological polar surface area (TPSA) is 72.5 Å². The van der Waals surface area contributed by atoms with Crippen LogP contribution in [0.3, 0.4) is 0 Å². The lowest BCUT2D eigenvalue weighted by molar-refractivity contribution is -0.141. The first-order valence-corrected chi connectivity index (χ1v) is 6.64. The number of benzene rings is 1. The minimum absolute atomic E-state index is 0.142. The molecule has 1 aromatic carbocycles. The zero-order valence-electron chi connectivity index (χ0n) is 10.7. The van der Waals surface area contributed by atoms with E-state index in [1.807, 2.05) is 0 Å². The Morgan fingerprint density at radius 2 is 2.20 bits per heavy atom. The number of carbonyl (C=O) groups excluding carboxylic acids is 3. The molecule has 0 aromatic heterocycles. The number of cyclic esters (lactones) is 1. The highest BCUT2D eigenvalue weighted by molar-refractivity contribution is 6.30. The number of nitrogens with one attached hydrogen (secondary N) is 1. The molecule has 1 heterocycles. The van der Waals surface area contributed by atoms with Crippen molar-refractivity contribution in [1.29, 1.82) is 0 Å². The van der Waals surface area contributed by atoms with Gasteiger partial charge in [0.05, 0.1) is 13.0 Å². The van der Waals surface area contributed by atoms with E-state index in [-0.39, 0.29) is 18.6 Å². The number of carbonyl (C=O) groups is 3. The SMILES string of the molecule is O=C(CC(=O)N[C@H]1CCOC1=O)Cc1cccc(Cl)c1. The quantitative estimate of drug-likeness (QED) is 0.656. The van der Waals surface area contributed by atoms with Crippen LogP contribution in [0.4, 0.5) is 0 Å². The molecule has 1 saturated heterocycles. The zero-order valence-corrected chi connectivity index (χ0v) is 11.5. The Kier molecular flexibility index (Phi) is 4.74. The van der Waals surface area contributed by atoms with Gasteiger partial charge in [-0.2, -0.15) is 0 Å². The van der Waals surface area contributed by atoms with Crippen molar-refractivity contribution >= 4 is 29.3 Å². The van der Waals surface area contributed by atoms with E-state index in [2.05, 4.69) is 5.32 Å². The third-order valence-corrected chi connectivity index (χ3v) is 3.15. The molecule has 1 fully saturated rings. The summed E-state index contributed by atoms with van der Waals surface area (Å²) in [6.07, 6.45) is 0.340. The average molecular weight is 296 g/mol. The lowest BCUT2D eigenvalue weighted by Gasteiger charge is -2.08. The molecule has 0 bridgehead atoms. The first-order chi connectivity index (χ1) is 9.54. The minimum Gasteiger partial charge on any atom is -0.464 e. The highest BCUT2D eigenvalue weighted by Gasteiger charge is 2.28. The van der Waals surface area contributed by atoms with E-state index in [9.17, 15) is 14.4 Å². The second-order valence-electron chi connectivity index (χ2n) is 4.60. The van der Waals surface area contributed by atoms with Crippen molar-refractivity contribution in [2.45, 2.75) is 25.3 Å². The number of halogens is 1. The molecule has 2 rings (SSSR count). The van der Waals surface area contributed by atoms with Gasteiger partial charge in [0.15, 0.2) is 0 Å². The van der Waals surface area contributed by atoms with Gasteiger partial charge in [-0.3, -0.25) is 9.59 Å². The first-order valence-electron chi connectivity index (χ1n) is 6.27. The Morgan fingerprint density at radius 1 is 1.40 bits per heavy atom. The molecule has 5 nitrogen and oxygen atoms in total. The number of ether oxygens (including phenoxy) is 1. The Balaban J connectivity index is 1.82. The third kappa shape index (κ3) is 4.06. The summed E-state index contributed by atoms with van der Waals surface area (Å²) in [6, 6.07) is 6.30. The largest absolute Gasteiger partial charge is 0.464 e. The number of rotatable bonds is 5. The molecule has 0 saturated carbocycles. The molecule has 6 heteroatoms. The van der Waals surface area contributed by atoms with E-state index in [0.717, 1.165) is 5.56 Å². The fourth-order valence-corrected chi connectivity index (χ4v) is 2.20. The molecule has 0 aliphatic carbocycles. The van der Waals surface area contributed by atoms with Crippen LogP contribution in [0.1, 0.15) is 18.4 Å². The van der Waals surface area contributed by atoms with Gasteiger partial charge in [-0.25, -0.2) is 4.79 Å². The second-order valence-corrected chi connectivity index (χ2v) is 5.03. The predicted molar refractivity (Wildman–Crippen MR) is 72.3 cm³/mol. The molecule has 1 atom stereocenters. The van der Waals surface area contributed by atoms with Crippen LogP contribution in [0.2, 0.25) is 5.02 Å². The Morgan fingerprint density at radius 3 is 2.85 bits per heavy atom. The van der Waals surface area contributed by atoms with Crippen LogP contribution in [0.15, 0.2) is 24.3 Å². The Bertz CT molecular complexity index is 544. The lowest BCUT2D eigenvalue weighted by atomic mass is 10.1. The van der Waals surface area contributed by atoms with E-state index >= 15 is 0 Å². The smallest absolute Gasteiger partial charge is 0.328 e. The lowest BCUT2D eigenvalue weighted by Crippen LogP contribution is -2.38. The molecule has 20 heavy (non-hydrogen) atoms. The normalized spacial score (nSPS) is 17.6. The summed E-state index contributed by atoms with van der Waals surface area (Å²) in [5.74, 6) is -1.13. The maximum absolute atomic E-state index is 11.8. The Hall–Kier alpha value is -1.88. The second kappa shape index (κ2) is 6.52. The number of hydrogen-bond acceptors (Lipinski definition) is 4.